The zero-order valence-electron chi connectivity index (χ0n) is 14.5. The fourth-order valence-corrected chi connectivity index (χ4v) is 3.93. The molecule has 5 heteroatoms. The van der Waals surface area contributed by atoms with E-state index >= 15 is 0 Å². The Labute approximate surface area is 138 Å². The van der Waals surface area contributed by atoms with Gasteiger partial charge in [-0.1, -0.05) is 0 Å². The van der Waals surface area contributed by atoms with Crippen LogP contribution in [0.3, 0.4) is 0 Å². The van der Waals surface area contributed by atoms with Crippen molar-refractivity contribution in [3.63, 3.8) is 0 Å². The van der Waals surface area contributed by atoms with E-state index in [0.29, 0.717) is 30.4 Å². The number of hydrogen-bond donors (Lipinski definition) is 0. The summed E-state index contributed by atoms with van der Waals surface area (Å²) in [4.78, 5) is 6.90. The predicted octanol–water partition coefficient (Wildman–Crippen LogP) is 2.89. The first kappa shape index (κ1) is 16.5. The normalized spacial score (nSPS) is 27.4. The van der Waals surface area contributed by atoms with E-state index in [1.807, 2.05) is 12.1 Å². The molecular weight excluding hydrogens is 292 g/mol. The van der Waals surface area contributed by atoms with Crippen LogP contribution in [0.4, 0.5) is 0 Å². The number of methoxy groups -OCH3 is 1. The molecule has 0 spiro atoms. The molecule has 0 aliphatic carbocycles. The van der Waals surface area contributed by atoms with Gasteiger partial charge in [0.1, 0.15) is 6.61 Å². The van der Waals surface area contributed by atoms with Crippen molar-refractivity contribution < 1.29 is 14.2 Å². The van der Waals surface area contributed by atoms with Crippen LogP contribution in [-0.2, 0) is 4.74 Å². The Morgan fingerprint density at radius 2 is 2.26 bits per heavy atom. The molecule has 0 amide bonds. The van der Waals surface area contributed by atoms with E-state index in [1.54, 1.807) is 13.3 Å². The van der Waals surface area contributed by atoms with Gasteiger partial charge in [-0.2, -0.15) is 0 Å². The smallest absolute Gasteiger partial charge is 0.257 e. The SMILES string of the molecule is COc1cccnc1OC[C@@H]1CC[C@]2(COC(C)C)CCCN12. The number of nitrogens with zero attached hydrogens (tertiary/aromatic N) is 2. The second kappa shape index (κ2) is 7.05. The molecule has 2 aliphatic rings. The summed E-state index contributed by atoms with van der Waals surface area (Å²) in [7, 11) is 1.65. The molecular formula is C18H28N2O3. The highest BCUT2D eigenvalue weighted by molar-refractivity contribution is 5.32. The van der Waals surface area contributed by atoms with Crippen LogP contribution in [-0.4, -0.2) is 54.4 Å². The largest absolute Gasteiger partial charge is 0.491 e. The van der Waals surface area contributed by atoms with Crippen LogP contribution in [0.5, 0.6) is 11.6 Å². The Hall–Kier alpha value is -1.33. The Balaban J connectivity index is 1.61. The predicted molar refractivity (Wildman–Crippen MR) is 89.1 cm³/mol. The van der Waals surface area contributed by atoms with E-state index in [4.69, 9.17) is 14.2 Å². The summed E-state index contributed by atoms with van der Waals surface area (Å²) in [6.45, 7) is 6.87. The van der Waals surface area contributed by atoms with Gasteiger partial charge in [-0.3, -0.25) is 4.90 Å². The van der Waals surface area contributed by atoms with Crippen molar-refractivity contribution in [3.8, 4) is 11.6 Å². The first-order chi connectivity index (χ1) is 11.1. The molecule has 0 unspecified atom stereocenters. The molecule has 1 aromatic heterocycles. The van der Waals surface area contributed by atoms with Crippen LogP contribution in [0.2, 0.25) is 0 Å². The van der Waals surface area contributed by atoms with E-state index < -0.39 is 0 Å². The molecule has 3 rings (SSSR count). The lowest BCUT2D eigenvalue weighted by Crippen LogP contribution is -2.47. The second-order valence-electron chi connectivity index (χ2n) is 6.90. The minimum atomic E-state index is 0.229. The van der Waals surface area contributed by atoms with E-state index in [2.05, 4.69) is 23.7 Å². The van der Waals surface area contributed by atoms with Gasteiger partial charge in [0, 0.05) is 17.8 Å². The Kier molecular flexibility index (Phi) is 5.07. The fourth-order valence-electron chi connectivity index (χ4n) is 3.93. The molecule has 0 saturated carbocycles. The third-order valence-corrected chi connectivity index (χ3v) is 5.09. The molecule has 0 radical (unpaired) electrons. The van der Waals surface area contributed by atoms with Gasteiger partial charge in [0.05, 0.1) is 19.8 Å². The summed E-state index contributed by atoms with van der Waals surface area (Å²) in [5.41, 5.74) is 0.229. The number of pyridine rings is 1. The van der Waals surface area contributed by atoms with Crippen LogP contribution in [0.15, 0.2) is 18.3 Å². The maximum atomic E-state index is 5.97. The van der Waals surface area contributed by atoms with Gasteiger partial charge in [-0.05, 0) is 58.2 Å². The molecule has 3 heterocycles. The summed E-state index contributed by atoms with van der Waals surface area (Å²) in [6.07, 6.45) is 6.89. The van der Waals surface area contributed by atoms with Crippen LogP contribution in [0, 0.1) is 0 Å². The molecule has 0 N–H and O–H groups in total. The van der Waals surface area contributed by atoms with Gasteiger partial charge in [-0.15, -0.1) is 0 Å². The van der Waals surface area contributed by atoms with Crippen LogP contribution in [0.1, 0.15) is 39.5 Å². The van der Waals surface area contributed by atoms with Gasteiger partial charge in [0.2, 0.25) is 0 Å². The average Bonchev–Trinajstić information content (AvgIpc) is 3.11. The molecule has 2 aliphatic heterocycles. The molecule has 2 fully saturated rings. The van der Waals surface area contributed by atoms with Crippen molar-refractivity contribution in [2.75, 3.05) is 26.9 Å². The molecule has 2 atom stereocenters. The standard InChI is InChI=1S/C18H28N2O3/c1-14(2)23-13-18-8-5-11-20(18)15(7-9-18)12-22-17-16(21-3)6-4-10-19-17/h4,6,10,14-15H,5,7-9,11-13H2,1-3H3/t15-,18-/m0/s1. The van der Waals surface area contributed by atoms with E-state index in [0.717, 1.165) is 19.6 Å². The minimum Gasteiger partial charge on any atom is -0.491 e. The maximum Gasteiger partial charge on any atom is 0.257 e. The highest BCUT2D eigenvalue weighted by atomic mass is 16.5. The summed E-state index contributed by atoms with van der Waals surface area (Å²) in [6, 6.07) is 4.18. The topological polar surface area (TPSA) is 43.8 Å². The molecule has 2 saturated heterocycles. The number of aromatic nitrogens is 1. The lowest BCUT2D eigenvalue weighted by Gasteiger charge is -2.35. The zero-order valence-corrected chi connectivity index (χ0v) is 14.5. The summed E-state index contributed by atoms with van der Waals surface area (Å²) in [5.74, 6) is 1.28. The average molecular weight is 320 g/mol. The van der Waals surface area contributed by atoms with Gasteiger partial charge < -0.3 is 14.2 Å². The minimum absolute atomic E-state index is 0.229. The number of ether oxygens (including phenoxy) is 3. The van der Waals surface area contributed by atoms with Gasteiger partial charge in [0.25, 0.3) is 5.88 Å². The number of rotatable bonds is 7. The second-order valence-corrected chi connectivity index (χ2v) is 6.90. The lowest BCUT2D eigenvalue weighted by atomic mass is 9.95. The van der Waals surface area contributed by atoms with Crippen molar-refractivity contribution in [1.29, 1.82) is 0 Å². The monoisotopic (exact) mass is 320 g/mol. The van der Waals surface area contributed by atoms with Crippen molar-refractivity contribution in [1.82, 2.24) is 9.88 Å². The van der Waals surface area contributed by atoms with Crippen LogP contribution in [0.25, 0.3) is 0 Å². The third-order valence-electron chi connectivity index (χ3n) is 5.09. The van der Waals surface area contributed by atoms with E-state index in [-0.39, 0.29) is 5.54 Å². The van der Waals surface area contributed by atoms with Crippen LogP contribution >= 0.6 is 0 Å². The third kappa shape index (κ3) is 3.45. The van der Waals surface area contributed by atoms with Crippen molar-refractivity contribution >= 4 is 0 Å². The van der Waals surface area contributed by atoms with Gasteiger partial charge in [-0.25, -0.2) is 4.98 Å². The highest BCUT2D eigenvalue weighted by Crippen LogP contribution is 2.43. The molecule has 0 aromatic carbocycles. The Morgan fingerprint density at radius 3 is 3.04 bits per heavy atom. The summed E-state index contributed by atoms with van der Waals surface area (Å²) in [5, 5.41) is 0. The van der Waals surface area contributed by atoms with E-state index in [9.17, 15) is 0 Å². The quantitative estimate of drug-likeness (QED) is 0.773. The first-order valence-electron chi connectivity index (χ1n) is 8.65. The van der Waals surface area contributed by atoms with Crippen molar-refractivity contribution in [3.05, 3.63) is 18.3 Å². The Morgan fingerprint density at radius 1 is 1.39 bits per heavy atom. The zero-order chi connectivity index (χ0) is 16.3. The van der Waals surface area contributed by atoms with Gasteiger partial charge in [0.15, 0.2) is 5.75 Å². The maximum absolute atomic E-state index is 5.97. The van der Waals surface area contributed by atoms with Crippen molar-refractivity contribution in [2.24, 2.45) is 0 Å². The lowest BCUT2D eigenvalue weighted by molar-refractivity contribution is -0.00919. The highest BCUT2D eigenvalue weighted by Gasteiger charge is 2.49. The molecule has 1 aromatic rings. The Bertz CT molecular complexity index is 523. The summed E-state index contributed by atoms with van der Waals surface area (Å²) < 4.78 is 17.2. The van der Waals surface area contributed by atoms with Crippen LogP contribution < -0.4 is 9.47 Å². The molecule has 23 heavy (non-hydrogen) atoms. The van der Waals surface area contributed by atoms with Crippen molar-refractivity contribution in [2.45, 2.75) is 57.2 Å². The number of hydrogen-bond acceptors (Lipinski definition) is 5. The molecule has 5 nitrogen and oxygen atoms in total. The summed E-state index contributed by atoms with van der Waals surface area (Å²) >= 11 is 0. The van der Waals surface area contributed by atoms with Gasteiger partial charge >= 0.3 is 0 Å². The first-order valence-corrected chi connectivity index (χ1v) is 8.65. The molecule has 128 valence electrons. The van der Waals surface area contributed by atoms with E-state index in [1.165, 1.54) is 19.3 Å². The number of fused-ring (bicyclic) bond motifs is 1. The fraction of sp³-hybridized carbons (Fsp3) is 0.722. The molecule has 0 bridgehead atoms.